The molecule has 0 saturated heterocycles. The Kier molecular flexibility index (Phi) is 7.02. The highest BCUT2D eigenvalue weighted by Crippen LogP contribution is 2.23. The van der Waals surface area contributed by atoms with E-state index < -0.39 is 12.6 Å². The summed E-state index contributed by atoms with van der Waals surface area (Å²) in [5.41, 5.74) is 1.10. The molecule has 1 N–H and O–H groups in total. The van der Waals surface area contributed by atoms with Crippen LogP contribution in [0.2, 0.25) is 0 Å². The molecular formula is C16H24F3NO. The molecule has 0 radical (unpaired) electrons. The van der Waals surface area contributed by atoms with Gasteiger partial charge in [-0.15, -0.1) is 0 Å². The van der Waals surface area contributed by atoms with E-state index in [9.17, 15) is 13.2 Å². The highest BCUT2D eigenvalue weighted by Gasteiger charge is 2.26. The SMILES string of the molecule is COc1ccccc1CC(C)NC(C)CCCC(F)(F)F. The smallest absolute Gasteiger partial charge is 0.389 e. The van der Waals surface area contributed by atoms with E-state index in [-0.39, 0.29) is 18.5 Å². The number of hydrogen-bond donors (Lipinski definition) is 1. The Hall–Kier alpha value is -1.23. The van der Waals surface area contributed by atoms with Gasteiger partial charge in [0, 0.05) is 18.5 Å². The lowest BCUT2D eigenvalue weighted by molar-refractivity contribution is -0.135. The lowest BCUT2D eigenvalue weighted by Gasteiger charge is -2.21. The van der Waals surface area contributed by atoms with Crippen LogP contribution in [-0.2, 0) is 6.42 Å². The van der Waals surface area contributed by atoms with E-state index in [1.165, 1.54) is 0 Å². The molecule has 0 aliphatic heterocycles. The second-order valence-corrected chi connectivity index (χ2v) is 5.49. The van der Waals surface area contributed by atoms with Crippen LogP contribution in [0.15, 0.2) is 24.3 Å². The van der Waals surface area contributed by atoms with E-state index in [0.29, 0.717) is 6.42 Å². The molecule has 0 amide bonds. The minimum absolute atomic E-state index is 0.0667. The Labute approximate surface area is 124 Å². The van der Waals surface area contributed by atoms with E-state index in [1.54, 1.807) is 7.11 Å². The first-order chi connectivity index (χ1) is 9.81. The molecule has 0 fully saturated rings. The predicted molar refractivity (Wildman–Crippen MR) is 78.7 cm³/mol. The predicted octanol–water partition coefficient (Wildman–Crippen LogP) is 4.34. The number of methoxy groups -OCH3 is 1. The molecule has 0 aliphatic carbocycles. The van der Waals surface area contributed by atoms with Crippen molar-refractivity contribution in [1.82, 2.24) is 5.32 Å². The van der Waals surface area contributed by atoms with Crippen molar-refractivity contribution in [2.24, 2.45) is 0 Å². The van der Waals surface area contributed by atoms with Crippen molar-refractivity contribution in [3.63, 3.8) is 0 Å². The molecule has 1 aromatic rings. The first kappa shape index (κ1) is 17.8. The van der Waals surface area contributed by atoms with Crippen molar-refractivity contribution in [2.45, 2.75) is 57.8 Å². The van der Waals surface area contributed by atoms with Gasteiger partial charge in [-0.3, -0.25) is 0 Å². The van der Waals surface area contributed by atoms with E-state index in [2.05, 4.69) is 5.32 Å². The Balaban J connectivity index is 2.37. The van der Waals surface area contributed by atoms with Gasteiger partial charge in [-0.1, -0.05) is 18.2 Å². The topological polar surface area (TPSA) is 21.3 Å². The van der Waals surface area contributed by atoms with Crippen LogP contribution in [0, 0.1) is 0 Å². The van der Waals surface area contributed by atoms with Gasteiger partial charge < -0.3 is 10.1 Å². The number of hydrogen-bond acceptors (Lipinski definition) is 2. The summed E-state index contributed by atoms with van der Waals surface area (Å²) in [7, 11) is 1.64. The number of alkyl halides is 3. The average molecular weight is 303 g/mol. The van der Waals surface area contributed by atoms with Crippen LogP contribution in [0.5, 0.6) is 5.75 Å². The Morgan fingerprint density at radius 3 is 2.43 bits per heavy atom. The quantitative estimate of drug-likeness (QED) is 0.771. The molecule has 120 valence electrons. The maximum Gasteiger partial charge on any atom is 0.389 e. The highest BCUT2D eigenvalue weighted by molar-refractivity contribution is 5.33. The maximum absolute atomic E-state index is 12.1. The number of halogens is 3. The fourth-order valence-corrected chi connectivity index (χ4v) is 2.44. The van der Waals surface area contributed by atoms with Gasteiger partial charge in [0.15, 0.2) is 0 Å². The first-order valence-electron chi connectivity index (χ1n) is 7.26. The molecule has 0 saturated carbocycles. The summed E-state index contributed by atoms with van der Waals surface area (Å²) in [6.07, 6.45) is -3.29. The minimum atomic E-state index is -4.05. The highest BCUT2D eigenvalue weighted by atomic mass is 19.4. The van der Waals surface area contributed by atoms with Gasteiger partial charge in [0.25, 0.3) is 0 Å². The van der Waals surface area contributed by atoms with Gasteiger partial charge in [-0.25, -0.2) is 0 Å². The molecule has 0 aliphatic rings. The molecule has 2 unspecified atom stereocenters. The summed E-state index contributed by atoms with van der Waals surface area (Å²) in [5, 5.41) is 3.34. The minimum Gasteiger partial charge on any atom is -0.496 e. The molecule has 1 aromatic carbocycles. The molecule has 21 heavy (non-hydrogen) atoms. The fourth-order valence-electron chi connectivity index (χ4n) is 2.44. The molecule has 0 heterocycles. The normalized spacial score (nSPS) is 14.8. The Bertz CT molecular complexity index is 420. The van der Waals surface area contributed by atoms with Crippen LogP contribution in [-0.4, -0.2) is 25.4 Å². The lowest BCUT2D eigenvalue weighted by Crippen LogP contribution is -2.36. The van der Waals surface area contributed by atoms with Crippen molar-refractivity contribution in [3.8, 4) is 5.75 Å². The monoisotopic (exact) mass is 303 g/mol. The van der Waals surface area contributed by atoms with Crippen molar-refractivity contribution in [1.29, 1.82) is 0 Å². The molecule has 2 atom stereocenters. The largest absolute Gasteiger partial charge is 0.496 e. The van der Waals surface area contributed by atoms with Gasteiger partial charge >= 0.3 is 6.18 Å². The summed E-state index contributed by atoms with van der Waals surface area (Å²) in [6.45, 7) is 3.96. The van der Waals surface area contributed by atoms with Crippen LogP contribution >= 0.6 is 0 Å². The third-order valence-electron chi connectivity index (χ3n) is 3.39. The zero-order valence-corrected chi connectivity index (χ0v) is 12.8. The zero-order chi connectivity index (χ0) is 15.9. The Morgan fingerprint density at radius 1 is 1.14 bits per heavy atom. The van der Waals surface area contributed by atoms with Gasteiger partial charge in [0.1, 0.15) is 5.75 Å². The second kappa shape index (κ2) is 8.27. The van der Waals surface area contributed by atoms with Crippen molar-refractivity contribution in [2.75, 3.05) is 7.11 Å². The van der Waals surface area contributed by atoms with E-state index >= 15 is 0 Å². The second-order valence-electron chi connectivity index (χ2n) is 5.49. The van der Waals surface area contributed by atoms with Gasteiger partial charge in [-0.05, 0) is 44.7 Å². The first-order valence-corrected chi connectivity index (χ1v) is 7.26. The number of rotatable bonds is 8. The fraction of sp³-hybridized carbons (Fsp3) is 0.625. The summed E-state index contributed by atoms with van der Waals surface area (Å²) >= 11 is 0. The summed E-state index contributed by atoms with van der Waals surface area (Å²) in [4.78, 5) is 0. The average Bonchev–Trinajstić information content (AvgIpc) is 2.37. The van der Waals surface area contributed by atoms with Gasteiger partial charge in [0.05, 0.1) is 7.11 Å². The third kappa shape index (κ3) is 7.37. The molecular weight excluding hydrogens is 279 g/mol. The summed E-state index contributed by atoms with van der Waals surface area (Å²) in [5.74, 6) is 0.843. The molecule has 0 aromatic heterocycles. The zero-order valence-electron chi connectivity index (χ0n) is 12.8. The third-order valence-corrected chi connectivity index (χ3v) is 3.39. The van der Waals surface area contributed by atoms with E-state index in [0.717, 1.165) is 17.7 Å². The number of benzene rings is 1. The lowest BCUT2D eigenvalue weighted by atomic mass is 10.0. The molecule has 2 nitrogen and oxygen atoms in total. The summed E-state index contributed by atoms with van der Waals surface area (Å²) < 4.78 is 41.6. The molecule has 0 spiro atoms. The van der Waals surface area contributed by atoms with Gasteiger partial charge in [-0.2, -0.15) is 13.2 Å². The van der Waals surface area contributed by atoms with Crippen LogP contribution in [0.25, 0.3) is 0 Å². The van der Waals surface area contributed by atoms with Crippen LogP contribution in [0.1, 0.15) is 38.7 Å². The van der Waals surface area contributed by atoms with Crippen molar-refractivity contribution < 1.29 is 17.9 Å². The van der Waals surface area contributed by atoms with Crippen LogP contribution < -0.4 is 10.1 Å². The Morgan fingerprint density at radius 2 is 1.81 bits per heavy atom. The molecule has 5 heteroatoms. The maximum atomic E-state index is 12.1. The number of para-hydroxylation sites is 1. The standard InChI is InChI=1S/C16H24F3NO/c1-12(7-6-10-16(17,18)19)20-13(2)11-14-8-4-5-9-15(14)21-3/h4-5,8-9,12-13,20H,6-7,10-11H2,1-3H3. The number of ether oxygens (including phenoxy) is 1. The van der Waals surface area contributed by atoms with Crippen LogP contribution in [0.3, 0.4) is 0 Å². The van der Waals surface area contributed by atoms with Crippen LogP contribution in [0.4, 0.5) is 13.2 Å². The van der Waals surface area contributed by atoms with Crippen molar-refractivity contribution >= 4 is 0 Å². The molecule has 1 rings (SSSR count). The van der Waals surface area contributed by atoms with Crippen molar-refractivity contribution in [3.05, 3.63) is 29.8 Å². The van der Waals surface area contributed by atoms with E-state index in [4.69, 9.17) is 4.74 Å². The van der Waals surface area contributed by atoms with E-state index in [1.807, 2.05) is 38.1 Å². The number of nitrogens with one attached hydrogen (secondary N) is 1. The molecule has 0 bridgehead atoms. The summed E-state index contributed by atoms with van der Waals surface area (Å²) in [6, 6.07) is 8.04. The van der Waals surface area contributed by atoms with Gasteiger partial charge in [0.2, 0.25) is 0 Å².